The van der Waals surface area contributed by atoms with E-state index in [0.717, 1.165) is 17.1 Å². The first-order chi connectivity index (χ1) is 8.33. The maximum atomic E-state index is 5.77. The first kappa shape index (κ1) is 11.3. The van der Waals surface area contributed by atoms with Crippen molar-refractivity contribution < 1.29 is 9.47 Å². The number of hydrogen-bond donors (Lipinski definition) is 0. The minimum absolute atomic E-state index is 0.705. The molecule has 0 aliphatic rings. The summed E-state index contributed by atoms with van der Waals surface area (Å²) < 4.78 is 11.0. The van der Waals surface area contributed by atoms with E-state index in [4.69, 9.17) is 9.47 Å². The molecule has 2 aromatic carbocycles. The van der Waals surface area contributed by atoms with Gasteiger partial charge in [-0.2, -0.15) is 0 Å². The molecule has 0 fully saturated rings. The number of ether oxygens (including phenoxy) is 2. The Labute approximate surface area is 101 Å². The van der Waals surface area contributed by atoms with Crippen LogP contribution in [0.15, 0.2) is 55.1 Å². The Kier molecular flexibility index (Phi) is 3.46. The quantitative estimate of drug-likeness (QED) is 0.780. The van der Waals surface area contributed by atoms with Gasteiger partial charge in [0.25, 0.3) is 0 Å². The fourth-order valence-electron chi connectivity index (χ4n) is 1.54. The smallest absolute Gasteiger partial charge is 0.169 e. The lowest BCUT2D eigenvalue weighted by Crippen LogP contribution is -1.89. The Morgan fingerprint density at radius 3 is 2.47 bits per heavy atom. The molecule has 0 aliphatic carbocycles. The van der Waals surface area contributed by atoms with Gasteiger partial charge in [0.05, 0.1) is 7.11 Å². The molecule has 2 aromatic rings. The Hall–Kier alpha value is -2.22. The highest BCUT2D eigenvalue weighted by atomic mass is 16.5. The molecule has 86 valence electrons. The van der Waals surface area contributed by atoms with Gasteiger partial charge in [-0.05, 0) is 29.8 Å². The monoisotopic (exact) mass is 226 g/mol. The van der Waals surface area contributed by atoms with E-state index in [0.29, 0.717) is 5.75 Å². The minimum atomic E-state index is 0.705. The number of hydrogen-bond acceptors (Lipinski definition) is 2. The third-order valence-corrected chi connectivity index (χ3v) is 2.39. The highest BCUT2D eigenvalue weighted by Gasteiger charge is 2.03. The normalized spacial score (nSPS) is 9.71. The molecule has 2 nitrogen and oxygen atoms in total. The molecule has 0 aliphatic heterocycles. The summed E-state index contributed by atoms with van der Waals surface area (Å²) in [5.41, 5.74) is 1.03. The fraction of sp³-hybridized carbons (Fsp3) is 0.0667. The summed E-state index contributed by atoms with van der Waals surface area (Å²) in [6, 6.07) is 15.3. The molecule has 0 atom stereocenters. The number of benzene rings is 2. The third-order valence-electron chi connectivity index (χ3n) is 2.39. The van der Waals surface area contributed by atoms with E-state index in [1.54, 1.807) is 13.2 Å². The second-order valence-corrected chi connectivity index (χ2v) is 3.53. The van der Waals surface area contributed by atoms with Crippen molar-refractivity contribution in [3.8, 4) is 17.2 Å². The molecule has 0 spiro atoms. The Morgan fingerprint density at radius 2 is 1.76 bits per heavy atom. The van der Waals surface area contributed by atoms with Crippen molar-refractivity contribution in [3.63, 3.8) is 0 Å². The Bertz CT molecular complexity index is 518. The molecular weight excluding hydrogens is 212 g/mol. The molecule has 2 heteroatoms. The van der Waals surface area contributed by atoms with Gasteiger partial charge in [-0.25, -0.2) is 0 Å². The topological polar surface area (TPSA) is 18.5 Å². The fourth-order valence-corrected chi connectivity index (χ4v) is 1.54. The van der Waals surface area contributed by atoms with E-state index in [9.17, 15) is 0 Å². The molecule has 0 radical (unpaired) electrons. The molecule has 0 aromatic heterocycles. The van der Waals surface area contributed by atoms with Crippen molar-refractivity contribution in [2.45, 2.75) is 0 Å². The summed E-state index contributed by atoms with van der Waals surface area (Å²) in [7, 11) is 1.63. The van der Waals surface area contributed by atoms with E-state index in [2.05, 4.69) is 6.58 Å². The molecule has 17 heavy (non-hydrogen) atoms. The summed E-state index contributed by atoms with van der Waals surface area (Å²) in [5, 5.41) is 0. The number of methoxy groups -OCH3 is 1. The molecule has 0 N–H and O–H groups in total. The zero-order valence-electron chi connectivity index (χ0n) is 9.72. The number of rotatable bonds is 4. The van der Waals surface area contributed by atoms with Crippen molar-refractivity contribution in [1.29, 1.82) is 0 Å². The lowest BCUT2D eigenvalue weighted by atomic mass is 10.2. The summed E-state index contributed by atoms with van der Waals surface area (Å²) in [4.78, 5) is 0. The van der Waals surface area contributed by atoms with Crippen LogP contribution in [0.5, 0.6) is 17.2 Å². The summed E-state index contributed by atoms with van der Waals surface area (Å²) in [6.45, 7) is 3.73. The minimum Gasteiger partial charge on any atom is -0.493 e. The molecule has 0 heterocycles. The maximum absolute atomic E-state index is 5.77. The average Bonchev–Trinajstić information content (AvgIpc) is 2.39. The average molecular weight is 226 g/mol. The maximum Gasteiger partial charge on any atom is 0.169 e. The second kappa shape index (κ2) is 5.21. The lowest BCUT2D eigenvalue weighted by molar-refractivity contribution is 0.379. The van der Waals surface area contributed by atoms with E-state index in [-0.39, 0.29) is 0 Å². The van der Waals surface area contributed by atoms with Crippen molar-refractivity contribution in [1.82, 2.24) is 0 Å². The van der Waals surface area contributed by atoms with Gasteiger partial charge < -0.3 is 9.47 Å². The standard InChI is InChI=1S/C15H14O2/c1-3-12-7-6-8-13(11-12)17-15-10-5-4-9-14(15)16-2/h3-11H,1H2,2H3. The van der Waals surface area contributed by atoms with Crippen molar-refractivity contribution in [2.24, 2.45) is 0 Å². The zero-order chi connectivity index (χ0) is 12.1. The first-order valence-corrected chi connectivity index (χ1v) is 5.37. The van der Waals surface area contributed by atoms with Gasteiger partial charge in [-0.1, -0.05) is 36.9 Å². The molecular formula is C15H14O2. The lowest BCUT2D eigenvalue weighted by Gasteiger charge is -2.10. The molecule has 2 rings (SSSR count). The molecule has 0 unspecified atom stereocenters. The molecule has 0 bridgehead atoms. The Morgan fingerprint density at radius 1 is 1.00 bits per heavy atom. The molecule has 0 saturated heterocycles. The van der Waals surface area contributed by atoms with Crippen molar-refractivity contribution in [3.05, 3.63) is 60.7 Å². The zero-order valence-corrected chi connectivity index (χ0v) is 9.72. The van der Waals surface area contributed by atoms with Gasteiger partial charge in [0.2, 0.25) is 0 Å². The van der Waals surface area contributed by atoms with Crippen LogP contribution in [0, 0.1) is 0 Å². The van der Waals surface area contributed by atoms with Crippen LogP contribution in [0.25, 0.3) is 6.08 Å². The number of para-hydroxylation sites is 2. The Balaban J connectivity index is 2.27. The summed E-state index contributed by atoms with van der Waals surface area (Å²) in [5.74, 6) is 2.19. The van der Waals surface area contributed by atoms with Crippen LogP contribution >= 0.6 is 0 Å². The predicted molar refractivity (Wildman–Crippen MR) is 69.6 cm³/mol. The summed E-state index contributed by atoms with van der Waals surface area (Å²) >= 11 is 0. The SMILES string of the molecule is C=Cc1cccc(Oc2ccccc2OC)c1. The third kappa shape index (κ3) is 2.67. The predicted octanol–water partition coefficient (Wildman–Crippen LogP) is 4.13. The highest BCUT2D eigenvalue weighted by Crippen LogP contribution is 2.31. The first-order valence-electron chi connectivity index (χ1n) is 5.37. The molecule has 0 amide bonds. The van der Waals surface area contributed by atoms with Gasteiger partial charge >= 0.3 is 0 Å². The van der Waals surface area contributed by atoms with Crippen LogP contribution in [0.4, 0.5) is 0 Å². The van der Waals surface area contributed by atoms with Gasteiger partial charge in [0.15, 0.2) is 11.5 Å². The summed E-state index contributed by atoms with van der Waals surface area (Å²) in [6.07, 6.45) is 1.79. The van der Waals surface area contributed by atoms with Gasteiger partial charge in [0, 0.05) is 0 Å². The molecule has 0 saturated carbocycles. The largest absolute Gasteiger partial charge is 0.493 e. The van der Waals surface area contributed by atoms with Crippen LogP contribution in [0.3, 0.4) is 0 Å². The van der Waals surface area contributed by atoms with Crippen LogP contribution in [0.1, 0.15) is 5.56 Å². The van der Waals surface area contributed by atoms with Crippen molar-refractivity contribution >= 4 is 6.08 Å². The van der Waals surface area contributed by atoms with E-state index >= 15 is 0 Å². The van der Waals surface area contributed by atoms with Crippen LogP contribution in [-0.4, -0.2) is 7.11 Å². The highest BCUT2D eigenvalue weighted by molar-refractivity contribution is 5.51. The van der Waals surface area contributed by atoms with Gasteiger partial charge in [0.1, 0.15) is 5.75 Å². The van der Waals surface area contributed by atoms with Gasteiger partial charge in [-0.3, -0.25) is 0 Å². The van der Waals surface area contributed by atoms with Crippen LogP contribution < -0.4 is 9.47 Å². The van der Waals surface area contributed by atoms with E-state index in [1.165, 1.54) is 0 Å². The van der Waals surface area contributed by atoms with E-state index < -0.39 is 0 Å². The van der Waals surface area contributed by atoms with Crippen LogP contribution in [-0.2, 0) is 0 Å². The van der Waals surface area contributed by atoms with Crippen molar-refractivity contribution in [2.75, 3.05) is 7.11 Å². The van der Waals surface area contributed by atoms with Crippen LogP contribution in [0.2, 0.25) is 0 Å². The second-order valence-electron chi connectivity index (χ2n) is 3.53. The van der Waals surface area contributed by atoms with Gasteiger partial charge in [-0.15, -0.1) is 0 Å². The van der Waals surface area contributed by atoms with E-state index in [1.807, 2.05) is 48.5 Å².